The van der Waals surface area contributed by atoms with E-state index in [4.69, 9.17) is 45.3 Å². The predicted molar refractivity (Wildman–Crippen MR) is 196 cm³/mol. The standard InChI is InChI=1S/C36H40ClN6O9P/c1-20(2)27(32(45)47-17-21-10-8-13-23(37)16-21)42-53(46,51-25-15-9-12-22-11-6-7-14-24(22)25)48-18-26-29-36(5,52-35(3,4)50-29)33(49-26)43-19-39-28-30(43)40-34(38)41-31(28)44/h6-16,19-20,26-27,29,33H,17-18H2,1-5H3,(H,42,46)(H3,38,40,41,44)/t26-,27+,29-,33-,36-,53?/m1/s1. The van der Waals surface area contributed by atoms with Crippen LogP contribution in [0.4, 0.5) is 5.95 Å². The minimum Gasteiger partial charge on any atom is -0.460 e. The zero-order valence-corrected chi connectivity index (χ0v) is 31.3. The van der Waals surface area contributed by atoms with Crippen LogP contribution >= 0.6 is 19.3 Å². The summed E-state index contributed by atoms with van der Waals surface area (Å²) in [5.74, 6) is -1.97. The van der Waals surface area contributed by atoms with Gasteiger partial charge in [0.25, 0.3) is 5.56 Å². The first-order valence-corrected chi connectivity index (χ1v) is 18.9. The monoisotopic (exact) mass is 766 g/mol. The minimum atomic E-state index is -4.43. The van der Waals surface area contributed by atoms with Gasteiger partial charge in [0.15, 0.2) is 23.2 Å². The molecular weight excluding hydrogens is 727 g/mol. The van der Waals surface area contributed by atoms with E-state index in [2.05, 4.69) is 20.0 Å². The van der Waals surface area contributed by atoms with E-state index in [-0.39, 0.29) is 36.1 Å². The fraction of sp³-hybridized carbons (Fsp3) is 0.389. The highest BCUT2D eigenvalue weighted by Crippen LogP contribution is 2.53. The average Bonchev–Trinajstić information content (AvgIpc) is 3.71. The summed E-state index contributed by atoms with van der Waals surface area (Å²) in [6.45, 7) is 8.49. The van der Waals surface area contributed by atoms with E-state index in [1.807, 2.05) is 30.3 Å². The van der Waals surface area contributed by atoms with E-state index in [1.54, 1.807) is 75.6 Å². The first-order valence-electron chi connectivity index (χ1n) is 17.0. The fourth-order valence-electron chi connectivity index (χ4n) is 6.81. The van der Waals surface area contributed by atoms with Gasteiger partial charge in [-0.05, 0) is 55.8 Å². The largest absolute Gasteiger partial charge is 0.460 e. The SMILES string of the molecule is CC(C)[C@H](NP(=O)(OC[C@H]1O[C@@H](n2cnc3c(=O)[nH]c(N)nc32)[C@]2(C)OC(C)(C)O[C@H]12)Oc1cccc2ccccc12)C(=O)OCc1cccc(Cl)c1. The van der Waals surface area contributed by atoms with Crippen molar-refractivity contribution in [2.75, 3.05) is 12.3 Å². The first-order chi connectivity index (χ1) is 25.1. The molecule has 0 spiro atoms. The number of nitrogens with zero attached hydrogens (tertiary/aromatic N) is 3. The van der Waals surface area contributed by atoms with Crippen LogP contribution < -0.4 is 20.9 Å². The topological polar surface area (TPSA) is 191 Å². The third-order valence-electron chi connectivity index (χ3n) is 9.14. The summed E-state index contributed by atoms with van der Waals surface area (Å²) in [4.78, 5) is 37.2. The summed E-state index contributed by atoms with van der Waals surface area (Å²) in [7, 11) is -4.43. The molecule has 17 heteroatoms. The Morgan fingerprint density at radius 3 is 2.66 bits per heavy atom. The smallest absolute Gasteiger partial charge is 0.459 e. The molecule has 3 aromatic carbocycles. The van der Waals surface area contributed by atoms with Gasteiger partial charge in [-0.2, -0.15) is 10.1 Å². The molecule has 0 saturated carbocycles. The number of nitrogens with one attached hydrogen (secondary N) is 2. The lowest BCUT2D eigenvalue weighted by Gasteiger charge is -2.30. The van der Waals surface area contributed by atoms with Gasteiger partial charge in [0, 0.05) is 10.4 Å². The molecule has 4 heterocycles. The third kappa shape index (κ3) is 7.43. The highest BCUT2D eigenvalue weighted by molar-refractivity contribution is 7.52. The van der Waals surface area contributed by atoms with Crippen LogP contribution in [-0.2, 0) is 39.4 Å². The van der Waals surface area contributed by atoms with Gasteiger partial charge < -0.3 is 29.2 Å². The van der Waals surface area contributed by atoms with E-state index >= 15 is 0 Å². The van der Waals surface area contributed by atoms with Gasteiger partial charge in [-0.3, -0.25) is 23.7 Å². The van der Waals surface area contributed by atoms with Crippen LogP contribution in [0.1, 0.15) is 46.4 Å². The molecule has 2 fully saturated rings. The summed E-state index contributed by atoms with van der Waals surface area (Å²) < 4.78 is 53.9. The van der Waals surface area contributed by atoms with Crippen molar-refractivity contribution in [3.63, 3.8) is 0 Å². The highest BCUT2D eigenvalue weighted by Gasteiger charge is 2.64. The van der Waals surface area contributed by atoms with Crippen molar-refractivity contribution in [1.29, 1.82) is 0 Å². The number of benzene rings is 3. The quantitative estimate of drug-likeness (QED) is 0.101. The summed E-state index contributed by atoms with van der Waals surface area (Å²) >= 11 is 6.13. The lowest BCUT2D eigenvalue weighted by molar-refractivity contribution is -0.216. The van der Waals surface area contributed by atoms with Gasteiger partial charge >= 0.3 is 13.7 Å². The molecule has 2 aliphatic heterocycles. The number of hydrogen-bond donors (Lipinski definition) is 3. The molecule has 1 unspecified atom stereocenters. The Morgan fingerprint density at radius 1 is 1.13 bits per heavy atom. The second-order valence-electron chi connectivity index (χ2n) is 14.0. The van der Waals surface area contributed by atoms with E-state index < -0.39 is 61.1 Å². The van der Waals surface area contributed by atoms with Crippen LogP contribution in [0, 0.1) is 5.92 Å². The Labute approximate surface area is 309 Å². The van der Waals surface area contributed by atoms with E-state index in [9.17, 15) is 14.2 Å². The number of rotatable bonds is 12. The number of H-pyrrole nitrogens is 1. The predicted octanol–water partition coefficient (Wildman–Crippen LogP) is 5.88. The second kappa shape index (κ2) is 14.1. The number of esters is 1. The van der Waals surface area contributed by atoms with Crippen molar-refractivity contribution in [3.8, 4) is 5.75 Å². The van der Waals surface area contributed by atoms with E-state index in [1.165, 1.54) is 6.33 Å². The van der Waals surface area contributed by atoms with Crippen LogP contribution in [0.15, 0.2) is 77.9 Å². The number of imidazole rings is 1. The summed E-state index contributed by atoms with van der Waals surface area (Å²) in [6.07, 6.45) is -1.19. The number of carbonyl (C=O) groups excluding carboxylic acids is 1. The Bertz CT molecular complexity index is 2280. The number of nitrogens with two attached hydrogens (primary N) is 1. The van der Waals surface area contributed by atoms with Gasteiger partial charge in [-0.25, -0.2) is 9.55 Å². The molecule has 2 saturated heterocycles. The normalized spacial score (nSPS) is 23.9. The average molecular weight is 767 g/mol. The Kier molecular flexibility index (Phi) is 9.87. The molecule has 5 aromatic rings. The van der Waals surface area contributed by atoms with Crippen molar-refractivity contribution in [3.05, 3.63) is 94.0 Å². The maximum atomic E-state index is 15.0. The molecule has 6 atom stereocenters. The van der Waals surface area contributed by atoms with Gasteiger partial charge in [-0.15, -0.1) is 0 Å². The van der Waals surface area contributed by atoms with Gasteiger partial charge in [-0.1, -0.05) is 74.0 Å². The van der Waals surface area contributed by atoms with E-state index in [0.29, 0.717) is 16.0 Å². The van der Waals surface area contributed by atoms with Crippen molar-refractivity contribution in [2.45, 2.75) is 77.1 Å². The highest BCUT2D eigenvalue weighted by atomic mass is 35.5. The van der Waals surface area contributed by atoms with Crippen molar-refractivity contribution in [1.82, 2.24) is 24.6 Å². The molecular formula is C36H40ClN6O9P. The third-order valence-corrected chi connectivity index (χ3v) is 10.9. The number of hydrogen-bond acceptors (Lipinski definition) is 12. The maximum Gasteiger partial charge on any atom is 0.459 e. The van der Waals surface area contributed by atoms with E-state index in [0.717, 1.165) is 5.39 Å². The molecule has 0 aliphatic carbocycles. The van der Waals surface area contributed by atoms with Crippen LogP contribution in [0.2, 0.25) is 5.02 Å². The first kappa shape index (κ1) is 37.0. The summed E-state index contributed by atoms with van der Waals surface area (Å²) in [5.41, 5.74) is 5.11. The van der Waals surface area contributed by atoms with Gasteiger partial charge in [0.05, 0.1) is 12.9 Å². The number of aromatic nitrogens is 4. The van der Waals surface area contributed by atoms with Crippen molar-refractivity contribution in [2.24, 2.45) is 5.92 Å². The second-order valence-corrected chi connectivity index (χ2v) is 16.1. The molecule has 7 rings (SSSR count). The van der Waals surface area contributed by atoms with Crippen molar-refractivity contribution >= 4 is 53.2 Å². The molecule has 0 radical (unpaired) electrons. The van der Waals surface area contributed by atoms with Crippen molar-refractivity contribution < 1.29 is 37.4 Å². The molecule has 0 bridgehead atoms. The molecule has 53 heavy (non-hydrogen) atoms. The molecule has 280 valence electrons. The minimum absolute atomic E-state index is 0.0555. The number of fused-ring (bicyclic) bond motifs is 3. The van der Waals surface area contributed by atoms with Crippen LogP contribution in [0.5, 0.6) is 5.75 Å². The summed E-state index contributed by atoms with van der Waals surface area (Å²) in [6, 6.07) is 18.6. The Morgan fingerprint density at radius 2 is 1.89 bits per heavy atom. The van der Waals surface area contributed by atoms with Gasteiger partial charge in [0.1, 0.15) is 36.2 Å². The van der Waals surface area contributed by atoms with Crippen LogP contribution in [-0.4, -0.2) is 61.7 Å². The van der Waals surface area contributed by atoms with Crippen LogP contribution in [0.25, 0.3) is 21.9 Å². The summed E-state index contributed by atoms with van der Waals surface area (Å²) in [5, 5.41) is 4.90. The Hall–Kier alpha value is -4.34. The number of halogens is 1. The Balaban J connectivity index is 1.19. The lowest BCUT2D eigenvalue weighted by atomic mass is 9.96. The number of anilines is 1. The number of ether oxygens (including phenoxy) is 4. The molecule has 2 aliphatic rings. The fourth-order valence-corrected chi connectivity index (χ4v) is 8.71. The molecule has 0 amide bonds. The maximum absolute atomic E-state index is 15.0. The zero-order valence-electron chi connectivity index (χ0n) is 29.6. The molecule has 4 N–H and O–H groups in total. The van der Waals surface area contributed by atoms with Crippen LogP contribution in [0.3, 0.4) is 0 Å². The molecule has 2 aromatic heterocycles. The lowest BCUT2D eigenvalue weighted by Crippen LogP contribution is -2.43. The number of nitrogen functional groups attached to an aromatic ring is 1. The zero-order chi connectivity index (χ0) is 37.7. The number of carbonyl (C=O) groups is 1. The van der Waals surface area contributed by atoms with Gasteiger partial charge in [0.2, 0.25) is 5.95 Å². The number of aromatic amines is 1. The molecule has 15 nitrogen and oxygen atoms in total.